The second kappa shape index (κ2) is 12.7. The van der Waals surface area contributed by atoms with Crippen LogP contribution >= 0.6 is 0 Å². The highest BCUT2D eigenvalue weighted by Crippen LogP contribution is 2.03. The molecule has 0 fully saturated rings. The summed E-state index contributed by atoms with van der Waals surface area (Å²) in [5.41, 5.74) is 11.0. The average Bonchev–Trinajstić information content (AvgIpc) is 3.22. The zero-order valence-electron chi connectivity index (χ0n) is 17.2. The normalized spacial score (nSPS) is 14.2. The Morgan fingerprint density at radius 2 is 1.52 bits per heavy atom. The fourth-order valence-corrected chi connectivity index (χ4v) is 2.53. The Morgan fingerprint density at radius 3 is 2.00 bits per heavy atom. The molecule has 16 heteroatoms. The van der Waals surface area contributed by atoms with E-state index in [4.69, 9.17) is 26.8 Å². The molecule has 4 unspecified atom stereocenters. The predicted octanol–water partition coefficient (Wildman–Crippen LogP) is -4.84. The van der Waals surface area contributed by atoms with Crippen molar-refractivity contribution in [3.05, 3.63) is 18.2 Å². The molecule has 0 aliphatic heterocycles. The first-order valence-corrected chi connectivity index (χ1v) is 9.42. The number of aliphatic carboxylic acids is 2. The van der Waals surface area contributed by atoms with Gasteiger partial charge >= 0.3 is 11.9 Å². The molecule has 1 rings (SSSR count). The standard InChI is InChI=1S/C17H25N7O9/c18-8(2-13(27)28)14(29)22-9(1-7-4-20-6-21-7)15(30)23-10(3-12(19)26)16(31)24-11(5-25)17(32)33/h4,6,8-11,25H,1-3,5,18H2,(H2,19,26)(H,20,21)(H,22,29)(H,23,30)(H,24,31)(H,27,28)(H,32,33). The lowest BCUT2D eigenvalue weighted by Crippen LogP contribution is -2.58. The fourth-order valence-electron chi connectivity index (χ4n) is 2.53. The van der Waals surface area contributed by atoms with Crippen LogP contribution in [0.1, 0.15) is 18.5 Å². The Morgan fingerprint density at radius 1 is 0.939 bits per heavy atom. The fraction of sp³-hybridized carbons (Fsp3) is 0.471. The van der Waals surface area contributed by atoms with Gasteiger partial charge in [0, 0.05) is 18.3 Å². The van der Waals surface area contributed by atoms with Crippen LogP contribution in [0.5, 0.6) is 0 Å². The van der Waals surface area contributed by atoms with Crippen LogP contribution in [0.15, 0.2) is 12.5 Å². The van der Waals surface area contributed by atoms with E-state index < -0.39 is 79.2 Å². The molecule has 33 heavy (non-hydrogen) atoms. The van der Waals surface area contributed by atoms with Crippen LogP contribution in [-0.4, -0.2) is 91.6 Å². The van der Waals surface area contributed by atoms with Crippen molar-refractivity contribution < 1.29 is 44.1 Å². The van der Waals surface area contributed by atoms with Crippen molar-refractivity contribution in [1.29, 1.82) is 0 Å². The smallest absolute Gasteiger partial charge is 0.328 e. The molecule has 4 amide bonds. The molecule has 4 atom stereocenters. The molecule has 0 spiro atoms. The summed E-state index contributed by atoms with van der Waals surface area (Å²) in [6.07, 6.45) is 1.02. The number of carboxylic acids is 2. The monoisotopic (exact) mass is 471 g/mol. The second-order valence-corrected chi connectivity index (χ2v) is 6.86. The lowest BCUT2D eigenvalue weighted by atomic mass is 10.1. The summed E-state index contributed by atoms with van der Waals surface area (Å²) in [6, 6.07) is -6.23. The molecular weight excluding hydrogens is 446 g/mol. The van der Waals surface area contributed by atoms with Crippen molar-refractivity contribution in [3.63, 3.8) is 0 Å². The van der Waals surface area contributed by atoms with Crippen LogP contribution < -0.4 is 27.4 Å². The highest BCUT2D eigenvalue weighted by molar-refractivity contribution is 5.96. The number of aromatic nitrogens is 2. The number of primary amides is 1. The van der Waals surface area contributed by atoms with Gasteiger partial charge in [0.25, 0.3) is 0 Å². The van der Waals surface area contributed by atoms with Crippen molar-refractivity contribution >= 4 is 35.6 Å². The molecule has 16 nitrogen and oxygen atoms in total. The van der Waals surface area contributed by atoms with Crippen molar-refractivity contribution in [2.45, 2.75) is 43.4 Å². The molecule has 0 aliphatic rings. The maximum absolute atomic E-state index is 12.8. The number of rotatable bonds is 14. The number of carbonyl (C=O) groups excluding carboxylic acids is 4. The third kappa shape index (κ3) is 9.32. The summed E-state index contributed by atoms with van der Waals surface area (Å²) in [5.74, 6) is -7.01. The number of amides is 4. The molecule has 1 aromatic rings. The topological polar surface area (TPSA) is 280 Å². The molecule has 11 N–H and O–H groups in total. The maximum Gasteiger partial charge on any atom is 0.328 e. The number of carbonyl (C=O) groups is 6. The third-order valence-electron chi connectivity index (χ3n) is 4.18. The van der Waals surface area contributed by atoms with Gasteiger partial charge in [-0.15, -0.1) is 0 Å². The number of nitrogens with zero attached hydrogens (tertiary/aromatic N) is 1. The maximum atomic E-state index is 12.8. The average molecular weight is 471 g/mol. The lowest BCUT2D eigenvalue weighted by molar-refractivity contribution is -0.143. The van der Waals surface area contributed by atoms with Gasteiger partial charge in [0.1, 0.15) is 18.1 Å². The summed E-state index contributed by atoms with van der Waals surface area (Å²) < 4.78 is 0. The Kier molecular flexibility index (Phi) is 10.4. The summed E-state index contributed by atoms with van der Waals surface area (Å²) in [7, 11) is 0. The van der Waals surface area contributed by atoms with E-state index in [1.54, 1.807) is 0 Å². The van der Waals surface area contributed by atoms with E-state index in [2.05, 4.69) is 20.6 Å². The number of nitrogens with two attached hydrogens (primary N) is 2. The Bertz CT molecular complexity index is 874. The first-order valence-electron chi connectivity index (χ1n) is 9.42. The van der Waals surface area contributed by atoms with Crippen molar-refractivity contribution in [3.8, 4) is 0 Å². The highest BCUT2D eigenvalue weighted by atomic mass is 16.4. The van der Waals surface area contributed by atoms with Gasteiger partial charge in [0.15, 0.2) is 0 Å². The predicted molar refractivity (Wildman–Crippen MR) is 107 cm³/mol. The van der Waals surface area contributed by atoms with Crippen LogP contribution in [0.25, 0.3) is 0 Å². The number of hydrogen-bond donors (Lipinski definition) is 9. The molecule has 1 aromatic heterocycles. The number of carboxylic acid groups (broad SMARTS) is 2. The Balaban J connectivity index is 3.04. The lowest BCUT2D eigenvalue weighted by Gasteiger charge is -2.24. The number of nitrogens with one attached hydrogen (secondary N) is 4. The number of imidazole rings is 1. The first kappa shape index (κ1) is 27.0. The summed E-state index contributed by atoms with van der Waals surface area (Å²) in [5, 5.41) is 33.2. The second-order valence-electron chi connectivity index (χ2n) is 6.86. The van der Waals surface area contributed by atoms with Crippen LogP contribution in [0.2, 0.25) is 0 Å². The largest absolute Gasteiger partial charge is 0.481 e. The van der Waals surface area contributed by atoms with Gasteiger partial charge < -0.3 is 47.7 Å². The zero-order chi connectivity index (χ0) is 25.1. The van der Waals surface area contributed by atoms with E-state index in [0.717, 1.165) is 0 Å². The molecule has 1 heterocycles. The van der Waals surface area contributed by atoms with Gasteiger partial charge in [-0.2, -0.15) is 0 Å². The number of hydrogen-bond acceptors (Lipinski definition) is 9. The van der Waals surface area contributed by atoms with Crippen LogP contribution in [0.4, 0.5) is 0 Å². The molecule has 0 bridgehead atoms. The molecule has 0 saturated carbocycles. The molecule has 0 saturated heterocycles. The molecule has 0 radical (unpaired) electrons. The van der Waals surface area contributed by atoms with Gasteiger partial charge in [0.2, 0.25) is 23.6 Å². The van der Waals surface area contributed by atoms with Gasteiger partial charge in [-0.1, -0.05) is 0 Å². The number of aliphatic hydroxyl groups is 1. The molecule has 182 valence electrons. The minimum absolute atomic E-state index is 0.184. The highest BCUT2D eigenvalue weighted by Gasteiger charge is 2.31. The molecular formula is C17H25N7O9. The third-order valence-corrected chi connectivity index (χ3v) is 4.18. The summed E-state index contributed by atoms with van der Waals surface area (Å²) >= 11 is 0. The van der Waals surface area contributed by atoms with Gasteiger partial charge in [0.05, 0.1) is 31.8 Å². The molecule has 0 aliphatic carbocycles. The van der Waals surface area contributed by atoms with Crippen molar-refractivity contribution in [2.75, 3.05) is 6.61 Å². The Hall–Kier alpha value is -4.05. The number of H-pyrrole nitrogens is 1. The van der Waals surface area contributed by atoms with Crippen molar-refractivity contribution in [1.82, 2.24) is 25.9 Å². The van der Waals surface area contributed by atoms with Crippen LogP contribution in [0, 0.1) is 0 Å². The van der Waals surface area contributed by atoms with Gasteiger partial charge in [-0.25, -0.2) is 9.78 Å². The minimum atomic E-state index is -1.71. The number of aromatic amines is 1. The minimum Gasteiger partial charge on any atom is -0.481 e. The van der Waals surface area contributed by atoms with Gasteiger partial charge in [-0.3, -0.25) is 24.0 Å². The Labute approximate surface area is 186 Å². The van der Waals surface area contributed by atoms with E-state index in [0.29, 0.717) is 5.69 Å². The van der Waals surface area contributed by atoms with E-state index in [1.807, 2.05) is 5.32 Å². The first-order chi connectivity index (χ1) is 15.4. The molecule has 0 aromatic carbocycles. The number of aliphatic hydroxyl groups excluding tert-OH is 1. The van der Waals surface area contributed by atoms with Gasteiger partial charge in [-0.05, 0) is 0 Å². The summed E-state index contributed by atoms with van der Waals surface area (Å²) in [6.45, 7) is -0.960. The van der Waals surface area contributed by atoms with Crippen LogP contribution in [0.3, 0.4) is 0 Å². The van der Waals surface area contributed by atoms with Crippen LogP contribution in [-0.2, 0) is 35.2 Å². The van der Waals surface area contributed by atoms with E-state index in [-0.39, 0.29) is 6.42 Å². The quantitative estimate of drug-likeness (QED) is 0.124. The van der Waals surface area contributed by atoms with E-state index in [9.17, 15) is 28.8 Å². The SMILES string of the molecule is NC(=O)CC(NC(=O)C(Cc1cnc[nH]1)NC(=O)C(N)CC(=O)O)C(=O)NC(CO)C(=O)O. The summed E-state index contributed by atoms with van der Waals surface area (Å²) in [4.78, 5) is 77.0. The zero-order valence-corrected chi connectivity index (χ0v) is 17.2. The van der Waals surface area contributed by atoms with E-state index >= 15 is 0 Å². The van der Waals surface area contributed by atoms with E-state index in [1.165, 1.54) is 12.5 Å². The van der Waals surface area contributed by atoms with Crippen molar-refractivity contribution in [2.24, 2.45) is 11.5 Å².